The highest BCUT2D eigenvalue weighted by atomic mass is 16.4. The predicted molar refractivity (Wildman–Crippen MR) is 66.1 cm³/mol. The monoisotopic (exact) mass is 258 g/mol. The van der Waals surface area contributed by atoms with Crippen LogP contribution >= 0.6 is 0 Å². The number of nitrogens with one attached hydrogen (secondary N) is 1. The molecule has 0 saturated carbocycles. The van der Waals surface area contributed by atoms with Crippen molar-refractivity contribution in [1.82, 2.24) is 10.2 Å². The van der Waals surface area contributed by atoms with E-state index in [0.717, 1.165) is 25.9 Å². The molecule has 1 saturated heterocycles. The highest BCUT2D eigenvalue weighted by Gasteiger charge is 2.27. The minimum atomic E-state index is -1.01. The molecule has 3 N–H and O–H groups in total. The van der Waals surface area contributed by atoms with E-state index in [1.54, 1.807) is 6.92 Å². The molecular weight excluding hydrogens is 236 g/mol. The van der Waals surface area contributed by atoms with E-state index in [0.29, 0.717) is 12.5 Å². The third-order valence-electron chi connectivity index (χ3n) is 3.43. The lowest BCUT2D eigenvalue weighted by atomic mass is 9.92. The third-order valence-corrected chi connectivity index (χ3v) is 3.43. The average Bonchev–Trinajstić information content (AvgIpc) is 2.28. The van der Waals surface area contributed by atoms with Crippen LogP contribution in [0.5, 0.6) is 0 Å². The van der Waals surface area contributed by atoms with E-state index in [2.05, 4.69) is 5.32 Å². The molecule has 18 heavy (non-hydrogen) atoms. The molecule has 2 atom stereocenters. The van der Waals surface area contributed by atoms with Gasteiger partial charge in [-0.3, -0.25) is 4.79 Å². The Bertz CT molecular complexity index is 298. The van der Waals surface area contributed by atoms with E-state index in [9.17, 15) is 14.7 Å². The zero-order valence-electron chi connectivity index (χ0n) is 10.9. The number of nitrogens with zero attached hydrogens (tertiary/aromatic N) is 1. The van der Waals surface area contributed by atoms with E-state index in [4.69, 9.17) is 5.11 Å². The van der Waals surface area contributed by atoms with Crippen LogP contribution in [0.25, 0.3) is 0 Å². The molecule has 1 aliphatic heterocycles. The first kappa shape index (κ1) is 14.9. The minimum Gasteiger partial charge on any atom is -0.480 e. The molecule has 1 aliphatic rings. The molecule has 1 heterocycles. The van der Waals surface area contributed by atoms with Gasteiger partial charge in [0.25, 0.3) is 0 Å². The van der Waals surface area contributed by atoms with E-state index >= 15 is 0 Å². The number of carboxylic acids is 1. The summed E-state index contributed by atoms with van der Waals surface area (Å²) >= 11 is 0. The molecule has 1 fully saturated rings. The highest BCUT2D eigenvalue weighted by Crippen LogP contribution is 2.20. The lowest BCUT2D eigenvalue weighted by molar-refractivity contribution is -0.142. The van der Waals surface area contributed by atoms with E-state index in [1.807, 2.05) is 4.90 Å². The smallest absolute Gasteiger partial charge is 0.327 e. The summed E-state index contributed by atoms with van der Waals surface area (Å²) in [6, 6.07) is -0.856. The first-order chi connectivity index (χ1) is 8.40. The fourth-order valence-corrected chi connectivity index (χ4v) is 2.31. The maximum absolute atomic E-state index is 11.0. The van der Waals surface area contributed by atoms with E-state index < -0.39 is 12.0 Å². The van der Waals surface area contributed by atoms with Crippen LogP contribution in [0.3, 0.4) is 0 Å². The lowest BCUT2D eigenvalue weighted by Crippen LogP contribution is -2.50. The SMILES string of the molecule is CC(=O)NC(CN1CCC(C(C)O)CC1)C(=O)O. The van der Waals surface area contributed by atoms with Crippen molar-refractivity contribution >= 4 is 11.9 Å². The van der Waals surface area contributed by atoms with Gasteiger partial charge in [-0.2, -0.15) is 0 Å². The van der Waals surface area contributed by atoms with Crippen LogP contribution in [0.15, 0.2) is 0 Å². The fraction of sp³-hybridized carbons (Fsp3) is 0.833. The van der Waals surface area contributed by atoms with Crippen molar-refractivity contribution in [2.75, 3.05) is 19.6 Å². The van der Waals surface area contributed by atoms with Crippen LogP contribution < -0.4 is 5.32 Å². The normalized spacial score (nSPS) is 21.3. The van der Waals surface area contributed by atoms with Crippen molar-refractivity contribution in [1.29, 1.82) is 0 Å². The van der Waals surface area contributed by atoms with Crippen LogP contribution in [0.1, 0.15) is 26.7 Å². The molecule has 0 aromatic heterocycles. The Morgan fingerprint density at radius 3 is 2.33 bits per heavy atom. The van der Waals surface area contributed by atoms with Gasteiger partial charge in [0.05, 0.1) is 6.10 Å². The second kappa shape index (κ2) is 6.70. The summed E-state index contributed by atoms with van der Waals surface area (Å²) in [5, 5.41) is 20.9. The molecule has 1 rings (SSSR count). The maximum Gasteiger partial charge on any atom is 0.327 e. The number of carbonyl (C=O) groups is 2. The number of hydrogen-bond acceptors (Lipinski definition) is 4. The third kappa shape index (κ3) is 4.62. The van der Waals surface area contributed by atoms with E-state index in [1.165, 1.54) is 6.92 Å². The molecule has 0 aliphatic carbocycles. The molecule has 0 bridgehead atoms. The van der Waals surface area contributed by atoms with Crippen molar-refractivity contribution in [3.8, 4) is 0 Å². The number of aliphatic carboxylic acids is 1. The topological polar surface area (TPSA) is 89.9 Å². The number of likely N-dealkylation sites (tertiary alicyclic amines) is 1. The van der Waals surface area contributed by atoms with Gasteiger partial charge >= 0.3 is 5.97 Å². The Hall–Kier alpha value is -1.14. The van der Waals surface area contributed by atoms with Crippen molar-refractivity contribution in [2.24, 2.45) is 5.92 Å². The van der Waals surface area contributed by atoms with Gasteiger partial charge in [0.1, 0.15) is 6.04 Å². The van der Waals surface area contributed by atoms with Gasteiger partial charge in [-0.1, -0.05) is 0 Å². The van der Waals surface area contributed by atoms with Crippen LogP contribution in [0.4, 0.5) is 0 Å². The van der Waals surface area contributed by atoms with Gasteiger partial charge in [-0.25, -0.2) is 4.79 Å². The zero-order chi connectivity index (χ0) is 13.7. The molecule has 104 valence electrons. The Morgan fingerprint density at radius 2 is 1.94 bits per heavy atom. The summed E-state index contributed by atoms with van der Waals surface area (Å²) in [6.07, 6.45) is 1.42. The van der Waals surface area contributed by atoms with Crippen molar-refractivity contribution < 1.29 is 19.8 Å². The number of piperidine rings is 1. The number of amides is 1. The quantitative estimate of drug-likeness (QED) is 0.628. The summed E-state index contributed by atoms with van der Waals surface area (Å²) in [5.74, 6) is -1.05. The standard InChI is InChI=1S/C12H22N2O4/c1-8(15)10-3-5-14(6-4-10)7-11(12(17)18)13-9(2)16/h8,10-11,15H,3-7H2,1-2H3,(H,13,16)(H,17,18). The molecule has 0 spiro atoms. The molecule has 0 aromatic rings. The Morgan fingerprint density at radius 1 is 1.39 bits per heavy atom. The number of hydrogen-bond donors (Lipinski definition) is 3. The lowest BCUT2D eigenvalue weighted by Gasteiger charge is -2.34. The van der Waals surface area contributed by atoms with Crippen LogP contribution in [-0.4, -0.2) is 58.8 Å². The molecule has 6 nitrogen and oxygen atoms in total. The minimum absolute atomic E-state index is 0.297. The summed E-state index contributed by atoms with van der Waals surface area (Å²) < 4.78 is 0. The van der Waals surface area contributed by atoms with Crippen LogP contribution in [-0.2, 0) is 9.59 Å². The predicted octanol–water partition coefficient (Wildman–Crippen LogP) is -0.331. The second-order valence-corrected chi connectivity index (χ2v) is 4.97. The number of carbonyl (C=O) groups excluding carboxylic acids is 1. The second-order valence-electron chi connectivity index (χ2n) is 4.97. The van der Waals surface area contributed by atoms with Gasteiger partial charge < -0.3 is 20.4 Å². The number of rotatable bonds is 5. The van der Waals surface area contributed by atoms with Gasteiger partial charge in [-0.05, 0) is 38.8 Å². The molecule has 0 radical (unpaired) electrons. The molecular formula is C12H22N2O4. The highest BCUT2D eigenvalue weighted by molar-refractivity contribution is 5.82. The first-order valence-corrected chi connectivity index (χ1v) is 6.30. The number of aliphatic hydroxyl groups is 1. The number of aliphatic hydroxyl groups excluding tert-OH is 1. The number of carboxylic acid groups (broad SMARTS) is 1. The van der Waals surface area contributed by atoms with Gasteiger partial charge in [-0.15, -0.1) is 0 Å². The largest absolute Gasteiger partial charge is 0.480 e. The molecule has 0 aromatic carbocycles. The van der Waals surface area contributed by atoms with Gasteiger partial charge in [0, 0.05) is 13.5 Å². The Labute approximate surface area is 107 Å². The van der Waals surface area contributed by atoms with Crippen molar-refractivity contribution in [2.45, 2.75) is 38.8 Å². The van der Waals surface area contributed by atoms with Gasteiger partial charge in [0.2, 0.25) is 5.91 Å². The summed E-state index contributed by atoms with van der Waals surface area (Å²) in [5.41, 5.74) is 0. The summed E-state index contributed by atoms with van der Waals surface area (Å²) in [6.45, 7) is 4.95. The maximum atomic E-state index is 11.0. The van der Waals surface area contributed by atoms with Gasteiger partial charge in [0.15, 0.2) is 0 Å². The Kier molecular flexibility index (Phi) is 5.55. The van der Waals surface area contributed by atoms with Crippen LogP contribution in [0, 0.1) is 5.92 Å². The summed E-state index contributed by atoms with van der Waals surface area (Å²) in [7, 11) is 0. The fourth-order valence-electron chi connectivity index (χ4n) is 2.31. The average molecular weight is 258 g/mol. The van der Waals surface area contributed by atoms with E-state index in [-0.39, 0.29) is 12.0 Å². The molecule has 2 unspecified atom stereocenters. The van der Waals surface area contributed by atoms with Crippen molar-refractivity contribution in [3.63, 3.8) is 0 Å². The Balaban J connectivity index is 2.42. The zero-order valence-corrected chi connectivity index (χ0v) is 10.9. The van der Waals surface area contributed by atoms with Crippen LogP contribution in [0.2, 0.25) is 0 Å². The molecule has 1 amide bonds. The first-order valence-electron chi connectivity index (χ1n) is 6.30. The summed E-state index contributed by atoms with van der Waals surface area (Å²) in [4.78, 5) is 23.9. The van der Waals surface area contributed by atoms with Crippen molar-refractivity contribution in [3.05, 3.63) is 0 Å². The molecule has 6 heteroatoms.